The standard InChI is InChI=1S/C15H17NO3S2/c1-3-14(15-5-4-10-20-15)16-21(18,19)13-8-6-12(7-9-13)11(2)17/h4-10,14,16H,3H2,1-2H3. The second kappa shape index (κ2) is 6.51. The van der Waals surface area contributed by atoms with Crippen LogP contribution in [0.15, 0.2) is 46.7 Å². The van der Waals surface area contributed by atoms with Crippen LogP contribution in [0.3, 0.4) is 0 Å². The monoisotopic (exact) mass is 323 g/mol. The van der Waals surface area contributed by atoms with Crippen molar-refractivity contribution in [3.05, 3.63) is 52.2 Å². The molecular weight excluding hydrogens is 306 g/mol. The van der Waals surface area contributed by atoms with Crippen molar-refractivity contribution in [1.82, 2.24) is 4.72 Å². The van der Waals surface area contributed by atoms with Crippen LogP contribution < -0.4 is 4.72 Å². The molecule has 1 aromatic carbocycles. The van der Waals surface area contributed by atoms with Crippen molar-refractivity contribution < 1.29 is 13.2 Å². The van der Waals surface area contributed by atoms with E-state index in [-0.39, 0.29) is 16.7 Å². The van der Waals surface area contributed by atoms with Gasteiger partial charge in [-0.3, -0.25) is 4.79 Å². The summed E-state index contributed by atoms with van der Waals surface area (Å²) in [6, 6.07) is 9.56. The van der Waals surface area contributed by atoms with Gasteiger partial charge < -0.3 is 0 Å². The molecule has 1 aromatic heterocycles. The second-order valence-electron chi connectivity index (χ2n) is 4.68. The van der Waals surface area contributed by atoms with E-state index >= 15 is 0 Å². The van der Waals surface area contributed by atoms with Crippen molar-refractivity contribution in [1.29, 1.82) is 0 Å². The number of thiophene rings is 1. The highest BCUT2D eigenvalue weighted by atomic mass is 32.2. The average Bonchev–Trinajstić information content (AvgIpc) is 2.99. The Kier molecular flexibility index (Phi) is 4.92. The van der Waals surface area contributed by atoms with E-state index in [2.05, 4.69) is 4.72 Å². The number of hydrogen-bond donors (Lipinski definition) is 1. The van der Waals surface area contributed by atoms with E-state index in [9.17, 15) is 13.2 Å². The summed E-state index contributed by atoms with van der Waals surface area (Å²) in [7, 11) is -3.59. The number of sulfonamides is 1. The molecule has 2 aromatic rings. The minimum Gasteiger partial charge on any atom is -0.295 e. The number of Topliss-reactive ketones (excluding diaryl/α,β-unsaturated/α-hetero) is 1. The number of ketones is 1. The number of carbonyl (C=O) groups is 1. The molecule has 0 saturated carbocycles. The van der Waals surface area contributed by atoms with Crippen molar-refractivity contribution in [3.63, 3.8) is 0 Å². The van der Waals surface area contributed by atoms with Gasteiger partial charge in [0.25, 0.3) is 0 Å². The van der Waals surface area contributed by atoms with Crippen molar-refractivity contribution in [2.24, 2.45) is 0 Å². The summed E-state index contributed by atoms with van der Waals surface area (Å²) in [5, 5.41) is 1.92. The highest BCUT2D eigenvalue weighted by molar-refractivity contribution is 7.89. The topological polar surface area (TPSA) is 63.2 Å². The first kappa shape index (κ1) is 15.9. The molecule has 1 atom stereocenters. The van der Waals surface area contributed by atoms with Gasteiger partial charge in [0.1, 0.15) is 0 Å². The van der Waals surface area contributed by atoms with E-state index in [1.165, 1.54) is 42.5 Å². The molecule has 21 heavy (non-hydrogen) atoms. The van der Waals surface area contributed by atoms with Gasteiger partial charge in [0, 0.05) is 10.4 Å². The van der Waals surface area contributed by atoms with Crippen molar-refractivity contribution in [2.45, 2.75) is 31.2 Å². The van der Waals surface area contributed by atoms with Crippen LogP contribution >= 0.6 is 11.3 Å². The molecule has 4 nitrogen and oxygen atoms in total. The SMILES string of the molecule is CCC(NS(=O)(=O)c1ccc(C(C)=O)cc1)c1cccs1. The Balaban J connectivity index is 2.23. The number of nitrogens with one attached hydrogen (secondary N) is 1. The summed E-state index contributed by atoms with van der Waals surface area (Å²) in [5.74, 6) is -0.0862. The van der Waals surface area contributed by atoms with Gasteiger partial charge >= 0.3 is 0 Å². The molecule has 0 fully saturated rings. The maximum atomic E-state index is 12.4. The summed E-state index contributed by atoms with van der Waals surface area (Å²) in [4.78, 5) is 12.4. The molecule has 0 spiro atoms. The van der Waals surface area contributed by atoms with Crippen LogP contribution in [0.2, 0.25) is 0 Å². The Bertz CT molecular complexity index is 704. The van der Waals surface area contributed by atoms with Crippen molar-refractivity contribution in [2.75, 3.05) is 0 Å². The molecule has 2 rings (SSSR count). The van der Waals surface area contributed by atoms with Crippen LogP contribution in [-0.2, 0) is 10.0 Å². The molecule has 0 aliphatic heterocycles. The largest absolute Gasteiger partial charge is 0.295 e. The lowest BCUT2D eigenvalue weighted by Gasteiger charge is -2.15. The van der Waals surface area contributed by atoms with Crippen LogP contribution in [0.4, 0.5) is 0 Å². The summed E-state index contributed by atoms with van der Waals surface area (Å²) < 4.78 is 27.5. The number of hydrogen-bond acceptors (Lipinski definition) is 4. The summed E-state index contributed by atoms with van der Waals surface area (Å²) >= 11 is 1.53. The minimum atomic E-state index is -3.59. The fourth-order valence-corrected chi connectivity index (χ4v) is 4.19. The van der Waals surface area contributed by atoms with Crippen LogP contribution in [-0.4, -0.2) is 14.2 Å². The molecule has 0 aliphatic carbocycles. The predicted molar refractivity (Wildman–Crippen MR) is 84.1 cm³/mol. The molecular formula is C15H17NO3S2. The Hall–Kier alpha value is -1.50. The maximum absolute atomic E-state index is 12.4. The Labute approximate surface area is 128 Å². The molecule has 1 N–H and O–H groups in total. The lowest BCUT2D eigenvalue weighted by atomic mass is 10.2. The van der Waals surface area contributed by atoms with Crippen LogP contribution in [0.1, 0.15) is 41.5 Å². The highest BCUT2D eigenvalue weighted by Crippen LogP contribution is 2.24. The molecule has 0 aliphatic rings. The Morgan fingerprint density at radius 3 is 2.38 bits per heavy atom. The summed E-state index contributed by atoms with van der Waals surface area (Å²) in [6.45, 7) is 3.39. The fourth-order valence-electron chi connectivity index (χ4n) is 1.96. The lowest BCUT2D eigenvalue weighted by Crippen LogP contribution is -2.27. The number of benzene rings is 1. The molecule has 6 heteroatoms. The molecule has 1 heterocycles. The van der Waals surface area contributed by atoms with Gasteiger partial charge in [0.2, 0.25) is 10.0 Å². The minimum absolute atomic E-state index is 0.0862. The zero-order valence-electron chi connectivity index (χ0n) is 11.9. The molecule has 0 saturated heterocycles. The molecule has 1 unspecified atom stereocenters. The van der Waals surface area contributed by atoms with E-state index in [1.807, 2.05) is 24.4 Å². The highest BCUT2D eigenvalue weighted by Gasteiger charge is 2.20. The number of carbonyl (C=O) groups excluding carboxylic acids is 1. The Morgan fingerprint density at radius 1 is 1.24 bits per heavy atom. The molecule has 0 radical (unpaired) electrons. The zero-order chi connectivity index (χ0) is 15.5. The lowest BCUT2D eigenvalue weighted by molar-refractivity contribution is 0.101. The Morgan fingerprint density at radius 2 is 1.90 bits per heavy atom. The van der Waals surface area contributed by atoms with E-state index < -0.39 is 10.0 Å². The molecule has 0 bridgehead atoms. The predicted octanol–water partition coefficient (Wildman–Crippen LogP) is 3.38. The van der Waals surface area contributed by atoms with Crippen LogP contribution in [0.5, 0.6) is 0 Å². The van der Waals surface area contributed by atoms with E-state index in [0.29, 0.717) is 12.0 Å². The van der Waals surface area contributed by atoms with Gasteiger partial charge in [-0.1, -0.05) is 25.1 Å². The fraction of sp³-hybridized carbons (Fsp3) is 0.267. The quantitative estimate of drug-likeness (QED) is 0.829. The third kappa shape index (κ3) is 3.78. The van der Waals surface area contributed by atoms with Gasteiger partial charge in [-0.25, -0.2) is 13.1 Å². The van der Waals surface area contributed by atoms with Crippen molar-refractivity contribution >= 4 is 27.1 Å². The second-order valence-corrected chi connectivity index (χ2v) is 7.37. The third-order valence-corrected chi connectivity index (χ3v) is 5.64. The van der Waals surface area contributed by atoms with Gasteiger partial charge in [0.15, 0.2) is 5.78 Å². The normalized spacial score (nSPS) is 13.0. The van der Waals surface area contributed by atoms with Gasteiger partial charge in [0.05, 0.1) is 10.9 Å². The zero-order valence-corrected chi connectivity index (χ0v) is 13.5. The molecule has 112 valence electrons. The first-order chi connectivity index (χ1) is 9.94. The maximum Gasteiger partial charge on any atom is 0.241 e. The summed E-state index contributed by atoms with van der Waals surface area (Å²) in [5.41, 5.74) is 0.499. The first-order valence-corrected chi connectivity index (χ1v) is 8.97. The van der Waals surface area contributed by atoms with E-state index in [1.54, 1.807) is 0 Å². The first-order valence-electron chi connectivity index (χ1n) is 6.60. The van der Waals surface area contributed by atoms with Gasteiger partial charge in [-0.2, -0.15) is 0 Å². The van der Waals surface area contributed by atoms with E-state index in [0.717, 1.165) is 4.88 Å². The van der Waals surface area contributed by atoms with Crippen LogP contribution in [0, 0.1) is 0 Å². The summed E-state index contributed by atoms with van der Waals surface area (Å²) in [6.07, 6.45) is 0.672. The van der Waals surface area contributed by atoms with Crippen molar-refractivity contribution in [3.8, 4) is 0 Å². The van der Waals surface area contributed by atoms with E-state index in [4.69, 9.17) is 0 Å². The average molecular weight is 323 g/mol. The molecule has 0 amide bonds. The third-order valence-electron chi connectivity index (χ3n) is 3.16. The number of rotatable bonds is 6. The van der Waals surface area contributed by atoms with Crippen LogP contribution in [0.25, 0.3) is 0 Å². The smallest absolute Gasteiger partial charge is 0.241 e. The van der Waals surface area contributed by atoms with Gasteiger partial charge in [-0.15, -0.1) is 11.3 Å². The van der Waals surface area contributed by atoms with Gasteiger partial charge in [-0.05, 0) is 36.9 Å².